The van der Waals surface area contributed by atoms with Crippen LogP contribution in [0.25, 0.3) is 10.9 Å². The molecule has 5 heteroatoms. The number of hydrogen-bond acceptors (Lipinski definition) is 3. The molecule has 5 atom stereocenters. The van der Waals surface area contributed by atoms with Crippen LogP contribution in [0.2, 0.25) is 0 Å². The van der Waals surface area contributed by atoms with Gasteiger partial charge in [-0.2, -0.15) is 0 Å². The fourth-order valence-corrected chi connectivity index (χ4v) is 6.14. The summed E-state index contributed by atoms with van der Waals surface area (Å²) in [5, 5.41) is 21.3. The van der Waals surface area contributed by atoms with Crippen molar-refractivity contribution in [3.05, 3.63) is 29.5 Å². The third-order valence-corrected chi connectivity index (χ3v) is 6.98. The number of aromatic hydroxyl groups is 1. The molecule has 4 heterocycles. The number of nitrogens with one attached hydrogen (secondary N) is 1. The van der Waals surface area contributed by atoms with E-state index in [1.165, 1.54) is 0 Å². The van der Waals surface area contributed by atoms with Crippen LogP contribution in [0.1, 0.15) is 37.4 Å². The predicted molar refractivity (Wildman–Crippen MR) is 94.8 cm³/mol. The summed E-state index contributed by atoms with van der Waals surface area (Å²) in [5.74, 6) is 0.439. The molecule has 0 radical (unpaired) electrons. The maximum Gasteiger partial charge on any atom is 0.317 e. The number of hydrogen-bond donors (Lipinski definition) is 3. The number of aromatic amines is 1. The van der Waals surface area contributed by atoms with Crippen molar-refractivity contribution >= 4 is 16.9 Å². The van der Waals surface area contributed by atoms with Gasteiger partial charge in [0.1, 0.15) is 11.2 Å². The van der Waals surface area contributed by atoms with E-state index < -0.39 is 11.4 Å². The van der Waals surface area contributed by atoms with E-state index in [4.69, 9.17) is 0 Å². The lowest BCUT2D eigenvalue weighted by Gasteiger charge is -2.57. The van der Waals surface area contributed by atoms with Crippen molar-refractivity contribution in [3.8, 4) is 5.75 Å². The molecule has 6 rings (SSSR count). The lowest BCUT2D eigenvalue weighted by Crippen LogP contribution is -2.67. The van der Waals surface area contributed by atoms with Gasteiger partial charge in [0.2, 0.25) is 0 Å². The Morgan fingerprint density at radius 1 is 1.44 bits per heavy atom. The third-order valence-electron chi connectivity index (χ3n) is 6.98. The molecule has 1 aliphatic carbocycles. The number of carboxylic acid groups (broad SMARTS) is 1. The number of carboxylic acids is 1. The van der Waals surface area contributed by atoms with Gasteiger partial charge in [-0.25, -0.2) is 0 Å². The highest BCUT2D eigenvalue weighted by Gasteiger charge is 2.62. The fraction of sp³-hybridized carbons (Fsp3) is 0.550. The van der Waals surface area contributed by atoms with Gasteiger partial charge in [0.15, 0.2) is 0 Å². The van der Waals surface area contributed by atoms with Crippen LogP contribution >= 0.6 is 0 Å². The predicted octanol–water partition coefficient (Wildman–Crippen LogP) is 2.87. The van der Waals surface area contributed by atoms with Gasteiger partial charge in [0.05, 0.1) is 0 Å². The summed E-state index contributed by atoms with van der Waals surface area (Å²) < 4.78 is 0. The quantitative estimate of drug-likeness (QED) is 0.786. The standard InChI is InChI=1S/C20H24N2O3/c1-2-12-7-11-9-20(19(24)25)17-14(5-6-22(10-11)18(12)20)15-8-13(23)3-4-16(15)21-17/h3-4,8,11-12,18,21,23H,2,5-7,9-10H2,1H3,(H,24,25). The first-order valence-corrected chi connectivity index (χ1v) is 9.36. The van der Waals surface area contributed by atoms with E-state index in [0.717, 1.165) is 60.9 Å². The van der Waals surface area contributed by atoms with Crippen LogP contribution in [0.15, 0.2) is 18.2 Å². The number of nitrogens with zero attached hydrogens (tertiary/aromatic N) is 1. The number of phenolic OH excluding ortho intramolecular Hbond substituents is 1. The number of rotatable bonds is 2. The lowest BCUT2D eigenvalue weighted by atomic mass is 9.56. The van der Waals surface area contributed by atoms with Crippen LogP contribution < -0.4 is 0 Å². The zero-order valence-electron chi connectivity index (χ0n) is 14.5. The first kappa shape index (κ1) is 15.3. The highest BCUT2D eigenvalue weighted by molar-refractivity contribution is 5.91. The van der Waals surface area contributed by atoms with E-state index in [0.29, 0.717) is 11.8 Å². The minimum absolute atomic E-state index is 0.0721. The Hall–Kier alpha value is -2.01. The summed E-state index contributed by atoms with van der Waals surface area (Å²) >= 11 is 0. The van der Waals surface area contributed by atoms with Gasteiger partial charge in [-0.3, -0.25) is 9.69 Å². The van der Waals surface area contributed by atoms with Crippen molar-refractivity contribution in [2.45, 2.75) is 44.1 Å². The molecule has 2 saturated heterocycles. The number of aliphatic carboxylic acids is 1. The molecule has 2 aromatic rings. The average molecular weight is 340 g/mol. The van der Waals surface area contributed by atoms with Gasteiger partial charge in [-0.1, -0.05) is 13.3 Å². The minimum Gasteiger partial charge on any atom is -0.508 e. The van der Waals surface area contributed by atoms with Crippen molar-refractivity contribution < 1.29 is 15.0 Å². The van der Waals surface area contributed by atoms with E-state index in [1.54, 1.807) is 12.1 Å². The SMILES string of the molecule is CCC1CC2CN3CCc4c([nH]c5ccc(O)cc45)C(C(=O)O)(C2)C13. The van der Waals surface area contributed by atoms with Gasteiger partial charge >= 0.3 is 5.97 Å². The Bertz CT molecular complexity index is 873. The second-order valence-electron chi connectivity index (χ2n) is 8.15. The van der Waals surface area contributed by atoms with Crippen molar-refractivity contribution in [3.63, 3.8) is 0 Å². The summed E-state index contributed by atoms with van der Waals surface area (Å²) in [6, 6.07) is 5.38. The number of benzene rings is 1. The van der Waals surface area contributed by atoms with E-state index in [-0.39, 0.29) is 11.8 Å². The second kappa shape index (κ2) is 5.01. The monoisotopic (exact) mass is 340 g/mol. The van der Waals surface area contributed by atoms with E-state index in [1.807, 2.05) is 6.07 Å². The highest BCUT2D eigenvalue weighted by Crippen LogP contribution is 2.55. The lowest BCUT2D eigenvalue weighted by molar-refractivity contribution is -0.158. The van der Waals surface area contributed by atoms with Gasteiger partial charge in [-0.15, -0.1) is 0 Å². The van der Waals surface area contributed by atoms with Crippen molar-refractivity contribution in [2.24, 2.45) is 11.8 Å². The van der Waals surface area contributed by atoms with Gasteiger partial charge in [-0.05, 0) is 54.9 Å². The normalized spacial score (nSPS) is 36.2. The number of phenols is 1. The molecule has 1 aromatic heterocycles. The molecule has 3 N–H and O–H groups in total. The Balaban J connectivity index is 1.81. The van der Waals surface area contributed by atoms with Gasteiger partial charge < -0.3 is 15.2 Å². The molecule has 0 amide bonds. The van der Waals surface area contributed by atoms with Crippen molar-refractivity contribution in [1.29, 1.82) is 0 Å². The minimum atomic E-state index is -0.845. The molecule has 3 fully saturated rings. The fourth-order valence-electron chi connectivity index (χ4n) is 6.14. The maximum absolute atomic E-state index is 12.7. The number of fused-ring (bicyclic) bond motifs is 4. The number of carbonyl (C=O) groups is 1. The summed E-state index contributed by atoms with van der Waals surface area (Å²) in [7, 11) is 0. The van der Waals surface area contributed by atoms with Gasteiger partial charge in [0, 0.05) is 35.7 Å². The molecule has 4 aliphatic rings. The van der Waals surface area contributed by atoms with E-state index >= 15 is 0 Å². The number of aromatic nitrogens is 1. The molecule has 1 aromatic carbocycles. The molecule has 3 aliphatic heterocycles. The third kappa shape index (κ3) is 1.85. The Morgan fingerprint density at radius 2 is 2.28 bits per heavy atom. The molecular weight excluding hydrogens is 316 g/mol. The zero-order valence-corrected chi connectivity index (χ0v) is 14.5. The van der Waals surface area contributed by atoms with Crippen LogP contribution in [0.4, 0.5) is 0 Å². The number of H-pyrrole nitrogens is 1. The summed E-state index contributed by atoms with van der Waals surface area (Å²) in [5.41, 5.74) is 2.09. The van der Waals surface area contributed by atoms with Crippen LogP contribution in [-0.2, 0) is 16.6 Å². The van der Waals surface area contributed by atoms with Crippen LogP contribution in [0.5, 0.6) is 5.75 Å². The molecule has 1 saturated carbocycles. The molecule has 0 spiro atoms. The van der Waals surface area contributed by atoms with E-state index in [2.05, 4.69) is 16.8 Å². The molecule has 4 bridgehead atoms. The second-order valence-corrected chi connectivity index (χ2v) is 8.15. The topological polar surface area (TPSA) is 76.6 Å². The molecular formula is C20H24N2O3. The maximum atomic E-state index is 12.7. The van der Waals surface area contributed by atoms with Crippen molar-refractivity contribution in [1.82, 2.24) is 9.88 Å². The smallest absolute Gasteiger partial charge is 0.317 e. The van der Waals surface area contributed by atoms with Crippen LogP contribution in [-0.4, -0.2) is 45.2 Å². The first-order valence-electron chi connectivity index (χ1n) is 9.36. The molecule has 5 unspecified atom stereocenters. The average Bonchev–Trinajstić information content (AvgIpc) is 2.92. The zero-order chi connectivity index (χ0) is 17.3. The molecule has 132 valence electrons. The van der Waals surface area contributed by atoms with E-state index in [9.17, 15) is 15.0 Å². The van der Waals surface area contributed by atoms with Crippen molar-refractivity contribution in [2.75, 3.05) is 13.1 Å². The Labute approximate surface area is 146 Å². The Kier molecular flexibility index (Phi) is 3.06. The van der Waals surface area contributed by atoms with Gasteiger partial charge in [0.25, 0.3) is 0 Å². The summed E-state index contributed by atoms with van der Waals surface area (Å²) in [6.07, 6.45) is 3.76. The van der Waals surface area contributed by atoms with Crippen LogP contribution in [0.3, 0.4) is 0 Å². The summed E-state index contributed by atoms with van der Waals surface area (Å²) in [4.78, 5) is 18.6. The first-order chi connectivity index (χ1) is 12.0. The molecule has 5 nitrogen and oxygen atoms in total. The molecule has 25 heavy (non-hydrogen) atoms. The Morgan fingerprint density at radius 3 is 3.04 bits per heavy atom. The highest BCUT2D eigenvalue weighted by atomic mass is 16.4. The number of piperidine rings is 2. The van der Waals surface area contributed by atoms with Crippen LogP contribution in [0, 0.1) is 11.8 Å². The largest absolute Gasteiger partial charge is 0.508 e. The summed E-state index contributed by atoms with van der Waals surface area (Å²) in [6.45, 7) is 4.13.